The molecule has 0 unspecified atom stereocenters. The lowest BCUT2D eigenvalue weighted by atomic mass is 10.2. The molecule has 0 amide bonds. The molecule has 0 radical (unpaired) electrons. The second-order valence-corrected chi connectivity index (χ2v) is 5.69. The highest BCUT2D eigenvalue weighted by Gasteiger charge is 2.06. The van der Waals surface area contributed by atoms with Crippen molar-refractivity contribution in [3.8, 4) is 11.3 Å². The van der Waals surface area contributed by atoms with Gasteiger partial charge in [0.05, 0.1) is 30.6 Å². The monoisotopic (exact) mass is 334 g/mol. The van der Waals surface area contributed by atoms with Gasteiger partial charge in [0.15, 0.2) is 0 Å². The standard InChI is InChI=1S/C18H18N6O/c1-25-7-6-24-12-15(11-21-24)22-18-9-17-14(10-20-18)8-16(23-17)13-2-4-19-5-3-13/h2-5,8-12,23H,6-7H2,1H3,(H,20,22). The third-order valence-electron chi connectivity index (χ3n) is 3.93. The molecule has 0 bridgehead atoms. The molecular formula is C18H18N6O. The number of aromatic nitrogens is 5. The molecule has 4 rings (SSSR count). The summed E-state index contributed by atoms with van der Waals surface area (Å²) in [5, 5.41) is 8.63. The Balaban J connectivity index is 1.56. The van der Waals surface area contributed by atoms with E-state index in [0.29, 0.717) is 6.61 Å². The highest BCUT2D eigenvalue weighted by atomic mass is 16.5. The summed E-state index contributed by atoms with van der Waals surface area (Å²) in [6.07, 6.45) is 9.13. The number of H-pyrrole nitrogens is 1. The van der Waals surface area contributed by atoms with Crippen molar-refractivity contribution in [3.63, 3.8) is 0 Å². The topological polar surface area (TPSA) is 80.6 Å². The molecule has 7 nitrogen and oxygen atoms in total. The second kappa shape index (κ2) is 6.74. The van der Waals surface area contributed by atoms with Crippen molar-refractivity contribution in [2.75, 3.05) is 19.0 Å². The molecule has 0 aliphatic carbocycles. The number of ether oxygens (including phenoxy) is 1. The average molecular weight is 334 g/mol. The van der Waals surface area contributed by atoms with Crippen LogP contribution in [0.25, 0.3) is 22.2 Å². The Hall–Kier alpha value is -3.19. The Morgan fingerprint density at radius 3 is 2.92 bits per heavy atom. The van der Waals surface area contributed by atoms with Crippen LogP contribution in [0.2, 0.25) is 0 Å². The molecule has 0 aliphatic heterocycles. The van der Waals surface area contributed by atoms with E-state index in [1.807, 2.05) is 35.3 Å². The van der Waals surface area contributed by atoms with E-state index in [4.69, 9.17) is 4.74 Å². The zero-order chi connectivity index (χ0) is 17.1. The van der Waals surface area contributed by atoms with Crippen LogP contribution in [0, 0.1) is 0 Å². The summed E-state index contributed by atoms with van der Waals surface area (Å²) in [6.45, 7) is 1.35. The Labute approximate surface area is 144 Å². The maximum absolute atomic E-state index is 5.06. The summed E-state index contributed by atoms with van der Waals surface area (Å²) < 4.78 is 6.89. The maximum Gasteiger partial charge on any atom is 0.132 e. The molecule has 126 valence electrons. The largest absolute Gasteiger partial charge is 0.383 e. The van der Waals surface area contributed by atoms with Crippen molar-refractivity contribution in [2.24, 2.45) is 0 Å². The summed E-state index contributed by atoms with van der Waals surface area (Å²) in [5.41, 5.74) is 4.06. The summed E-state index contributed by atoms with van der Waals surface area (Å²) in [6, 6.07) is 8.04. The number of nitrogens with zero attached hydrogens (tertiary/aromatic N) is 4. The predicted octanol–water partition coefficient (Wildman–Crippen LogP) is 3.21. The van der Waals surface area contributed by atoms with E-state index < -0.39 is 0 Å². The van der Waals surface area contributed by atoms with E-state index in [1.54, 1.807) is 25.7 Å². The first kappa shape index (κ1) is 15.3. The van der Waals surface area contributed by atoms with Gasteiger partial charge in [0, 0.05) is 54.6 Å². The van der Waals surface area contributed by atoms with E-state index in [9.17, 15) is 0 Å². The lowest BCUT2D eigenvalue weighted by Gasteiger charge is -2.02. The summed E-state index contributed by atoms with van der Waals surface area (Å²) in [5.74, 6) is 0.766. The van der Waals surface area contributed by atoms with Crippen LogP contribution in [0.4, 0.5) is 11.5 Å². The molecule has 2 N–H and O–H groups in total. The molecule has 4 heterocycles. The molecule has 25 heavy (non-hydrogen) atoms. The van der Waals surface area contributed by atoms with Gasteiger partial charge >= 0.3 is 0 Å². The number of pyridine rings is 2. The fourth-order valence-corrected chi connectivity index (χ4v) is 2.66. The number of hydrogen-bond donors (Lipinski definition) is 2. The van der Waals surface area contributed by atoms with E-state index >= 15 is 0 Å². The first-order valence-electron chi connectivity index (χ1n) is 7.99. The minimum absolute atomic E-state index is 0.631. The lowest BCUT2D eigenvalue weighted by Crippen LogP contribution is -2.03. The highest BCUT2D eigenvalue weighted by Crippen LogP contribution is 2.25. The minimum Gasteiger partial charge on any atom is -0.383 e. The maximum atomic E-state index is 5.06. The average Bonchev–Trinajstić information content (AvgIpc) is 3.27. The Morgan fingerprint density at radius 2 is 2.08 bits per heavy atom. The van der Waals surface area contributed by atoms with Crippen molar-refractivity contribution in [1.82, 2.24) is 24.7 Å². The molecule has 4 aromatic rings. The third kappa shape index (κ3) is 3.36. The van der Waals surface area contributed by atoms with Crippen LogP contribution in [-0.4, -0.2) is 38.4 Å². The van der Waals surface area contributed by atoms with Crippen LogP contribution >= 0.6 is 0 Å². The van der Waals surface area contributed by atoms with Crippen molar-refractivity contribution in [3.05, 3.63) is 55.2 Å². The predicted molar refractivity (Wildman–Crippen MR) is 96.7 cm³/mol. The second-order valence-electron chi connectivity index (χ2n) is 5.69. The lowest BCUT2D eigenvalue weighted by molar-refractivity contribution is 0.183. The number of hydrogen-bond acceptors (Lipinski definition) is 5. The SMILES string of the molecule is COCCn1cc(Nc2cc3[nH]c(-c4ccncc4)cc3cn2)cn1. The minimum atomic E-state index is 0.631. The molecule has 0 atom stereocenters. The number of methoxy groups -OCH3 is 1. The number of fused-ring (bicyclic) bond motifs is 1. The Morgan fingerprint density at radius 1 is 1.20 bits per heavy atom. The zero-order valence-electron chi connectivity index (χ0n) is 13.8. The van der Waals surface area contributed by atoms with Gasteiger partial charge in [0.1, 0.15) is 5.82 Å². The number of anilines is 2. The number of rotatable bonds is 6. The Kier molecular flexibility index (Phi) is 4.14. The summed E-state index contributed by atoms with van der Waals surface area (Å²) >= 11 is 0. The molecule has 7 heteroatoms. The van der Waals surface area contributed by atoms with Crippen LogP contribution in [-0.2, 0) is 11.3 Å². The first-order chi connectivity index (χ1) is 12.3. The van der Waals surface area contributed by atoms with Crippen LogP contribution in [0.5, 0.6) is 0 Å². The summed E-state index contributed by atoms with van der Waals surface area (Å²) in [7, 11) is 1.68. The molecular weight excluding hydrogens is 316 g/mol. The molecule has 0 aromatic carbocycles. The normalized spacial score (nSPS) is 11.1. The van der Waals surface area contributed by atoms with Crippen LogP contribution < -0.4 is 5.32 Å². The Bertz CT molecular complexity index is 976. The van der Waals surface area contributed by atoms with Crippen molar-refractivity contribution in [2.45, 2.75) is 6.54 Å². The van der Waals surface area contributed by atoms with Crippen LogP contribution in [0.15, 0.2) is 55.2 Å². The van der Waals surface area contributed by atoms with Crippen molar-refractivity contribution < 1.29 is 4.74 Å². The number of nitrogens with one attached hydrogen (secondary N) is 2. The van der Waals surface area contributed by atoms with E-state index in [0.717, 1.165) is 40.2 Å². The third-order valence-corrected chi connectivity index (χ3v) is 3.93. The molecule has 0 saturated heterocycles. The van der Waals surface area contributed by atoms with Crippen LogP contribution in [0.1, 0.15) is 0 Å². The van der Waals surface area contributed by atoms with Crippen LogP contribution in [0.3, 0.4) is 0 Å². The quantitative estimate of drug-likeness (QED) is 0.566. The van der Waals surface area contributed by atoms with Gasteiger partial charge in [-0.05, 0) is 18.2 Å². The van der Waals surface area contributed by atoms with Crippen molar-refractivity contribution in [1.29, 1.82) is 0 Å². The van der Waals surface area contributed by atoms with Gasteiger partial charge in [-0.25, -0.2) is 4.98 Å². The molecule has 4 aromatic heterocycles. The van der Waals surface area contributed by atoms with E-state index in [1.165, 1.54) is 0 Å². The molecule has 0 fully saturated rings. The van der Waals surface area contributed by atoms with Gasteiger partial charge < -0.3 is 15.0 Å². The van der Waals surface area contributed by atoms with Gasteiger partial charge in [0.2, 0.25) is 0 Å². The smallest absolute Gasteiger partial charge is 0.132 e. The fourth-order valence-electron chi connectivity index (χ4n) is 2.66. The summed E-state index contributed by atoms with van der Waals surface area (Å²) in [4.78, 5) is 12.0. The first-order valence-corrected chi connectivity index (χ1v) is 7.99. The van der Waals surface area contributed by atoms with E-state index in [-0.39, 0.29) is 0 Å². The van der Waals surface area contributed by atoms with Crippen molar-refractivity contribution >= 4 is 22.4 Å². The van der Waals surface area contributed by atoms with Gasteiger partial charge in [-0.15, -0.1) is 0 Å². The highest BCUT2D eigenvalue weighted by molar-refractivity contribution is 5.87. The van der Waals surface area contributed by atoms with Gasteiger partial charge in [-0.3, -0.25) is 9.67 Å². The molecule has 0 spiro atoms. The number of aromatic amines is 1. The van der Waals surface area contributed by atoms with E-state index in [2.05, 4.69) is 31.4 Å². The molecule has 0 saturated carbocycles. The zero-order valence-corrected chi connectivity index (χ0v) is 13.8. The fraction of sp³-hybridized carbons (Fsp3) is 0.167. The van der Waals surface area contributed by atoms with Gasteiger partial charge in [-0.1, -0.05) is 0 Å². The van der Waals surface area contributed by atoms with Gasteiger partial charge in [-0.2, -0.15) is 5.10 Å². The van der Waals surface area contributed by atoms with Gasteiger partial charge in [0.25, 0.3) is 0 Å². The molecule has 0 aliphatic rings.